The Morgan fingerprint density at radius 3 is 2.58 bits per heavy atom. The lowest BCUT2D eigenvalue weighted by Crippen LogP contribution is -2.23. The first-order valence-electron chi connectivity index (χ1n) is 7.94. The molecule has 0 atom stereocenters. The Kier molecular flexibility index (Phi) is 4.44. The van der Waals surface area contributed by atoms with Gasteiger partial charge >= 0.3 is 0 Å². The molecule has 5 nitrogen and oxygen atoms in total. The maximum atomic E-state index is 10.4. The Bertz CT molecular complexity index is 834. The van der Waals surface area contributed by atoms with Gasteiger partial charge in [-0.15, -0.1) is 0 Å². The van der Waals surface area contributed by atoms with Gasteiger partial charge in [-0.1, -0.05) is 18.2 Å². The Labute approximate surface area is 141 Å². The zero-order chi connectivity index (χ0) is 17.2. The lowest BCUT2D eigenvalue weighted by Gasteiger charge is -2.19. The van der Waals surface area contributed by atoms with Gasteiger partial charge in [-0.3, -0.25) is 0 Å². The fourth-order valence-electron chi connectivity index (χ4n) is 2.71. The molecule has 0 bridgehead atoms. The highest BCUT2D eigenvalue weighted by Crippen LogP contribution is 2.25. The van der Waals surface area contributed by atoms with E-state index >= 15 is 0 Å². The topological polar surface area (TPSA) is 56.5 Å². The van der Waals surface area contributed by atoms with E-state index in [0.29, 0.717) is 19.0 Å². The highest BCUT2D eigenvalue weighted by Gasteiger charge is 2.24. The molecule has 3 aromatic rings. The van der Waals surface area contributed by atoms with E-state index in [4.69, 9.17) is 9.47 Å². The molecule has 2 aromatic carbocycles. The van der Waals surface area contributed by atoms with Crippen molar-refractivity contribution in [3.8, 4) is 11.5 Å². The fraction of sp³-hybridized carbons (Fsp3) is 0.316. The van der Waals surface area contributed by atoms with Crippen LogP contribution in [0.25, 0.3) is 11.0 Å². The van der Waals surface area contributed by atoms with Crippen molar-refractivity contribution in [1.82, 2.24) is 9.55 Å². The number of nitrogens with zero attached hydrogens (tertiary/aromatic N) is 2. The molecule has 0 saturated heterocycles. The molecule has 126 valence electrons. The normalized spacial score (nSPS) is 11.7. The second-order valence-electron chi connectivity index (χ2n) is 6.16. The minimum Gasteiger partial charge on any atom is -0.497 e. The standard InChI is InChI=1S/C19H22N2O3/c1-19(2,22)18-20-16-9-4-5-10-17(16)21(18)11-12-24-15-8-6-7-14(13-15)23-3/h4-10,13,22H,11-12H2,1-3H3. The maximum Gasteiger partial charge on any atom is 0.141 e. The van der Waals surface area contributed by atoms with E-state index in [9.17, 15) is 5.11 Å². The molecule has 5 heteroatoms. The number of para-hydroxylation sites is 2. The van der Waals surface area contributed by atoms with Gasteiger partial charge in [-0.05, 0) is 38.1 Å². The number of methoxy groups -OCH3 is 1. The molecule has 0 aliphatic heterocycles. The Balaban J connectivity index is 1.81. The third-order valence-corrected chi connectivity index (χ3v) is 3.83. The van der Waals surface area contributed by atoms with Crippen LogP contribution in [0.5, 0.6) is 11.5 Å². The molecule has 1 N–H and O–H groups in total. The smallest absolute Gasteiger partial charge is 0.141 e. The van der Waals surface area contributed by atoms with Crippen molar-refractivity contribution in [2.24, 2.45) is 0 Å². The van der Waals surface area contributed by atoms with Crippen LogP contribution in [0.1, 0.15) is 19.7 Å². The van der Waals surface area contributed by atoms with Gasteiger partial charge in [0.15, 0.2) is 0 Å². The van der Waals surface area contributed by atoms with Crippen LogP contribution in [0.4, 0.5) is 0 Å². The van der Waals surface area contributed by atoms with Crippen molar-refractivity contribution >= 4 is 11.0 Å². The van der Waals surface area contributed by atoms with Crippen molar-refractivity contribution < 1.29 is 14.6 Å². The lowest BCUT2D eigenvalue weighted by atomic mass is 10.1. The Morgan fingerprint density at radius 1 is 1.08 bits per heavy atom. The van der Waals surface area contributed by atoms with Crippen LogP contribution in [0.3, 0.4) is 0 Å². The second kappa shape index (κ2) is 6.53. The monoisotopic (exact) mass is 326 g/mol. The van der Waals surface area contributed by atoms with Crippen molar-refractivity contribution in [3.63, 3.8) is 0 Å². The summed E-state index contributed by atoms with van der Waals surface area (Å²) in [6.07, 6.45) is 0. The van der Waals surface area contributed by atoms with Gasteiger partial charge < -0.3 is 19.1 Å². The third kappa shape index (κ3) is 3.36. The van der Waals surface area contributed by atoms with E-state index in [1.165, 1.54) is 0 Å². The summed E-state index contributed by atoms with van der Waals surface area (Å²) in [5.74, 6) is 2.15. The van der Waals surface area contributed by atoms with Gasteiger partial charge in [-0.25, -0.2) is 4.98 Å². The summed E-state index contributed by atoms with van der Waals surface area (Å²) in [5.41, 5.74) is 0.842. The van der Waals surface area contributed by atoms with Crippen molar-refractivity contribution in [1.29, 1.82) is 0 Å². The van der Waals surface area contributed by atoms with Gasteiger partial charge in [0.2, 0.25) is 0 Å². The van der Waals surface area contributed by atoms with Gasteiger partial charge in [0.05, 0.1) is 24.7 Å². The van der Waals surface area contributed by atoms with Crippen molar-refractivity contribution in [2.75, 3.05) is 13.7 Å². The molecule has 0 radical (unpaired) electrons. The number of fused-ring (bicyclic) bond motifs is 1. The summed E-state index contributed by atoms with van der Waals surface area (Å²) >= 11 is 0. The minimum atomic E-state index is -1.02. The number of rotatable bonds is 6. The number of aromatic nitrogens is 2. The predicted octanol–water partition coefficient (Wildman–Crippen LogP) is 3.35. The molecule has 0 amide bonds. The summed E-state index contributed by atoms with van der Waals surface area (Å²) in [5, 5.41) is 10.4. The molecule has 3 rings (SSSR count). The number of imidazole rings is 1. The van der Waals surface area contributed by atoms with Crippen LogP contribution in [0.2, 0.25) is 0 Å². The molecule has 1 aromatic heterocycles. The van der Waals surface area contributed by atoms with E-state index < -0.39 is 5.60 Å². The quantitative estimate of drug-likeness (QED) is 0.755. The van der Waals surface area contributed by atoms with Crippen LogP contribution in [-0.2, 0) is 12.1 Å². The SMILES string of the molecule is COc1cccc(OCCn2c(C(C)(C)O)nc3ccccc32)c1. The summed E-state index contributed by atoms with van der Waals surface area (Å²) in [4.78, 5) is 4.57. The number of ether oxygens (including phenoxy) is 2. The second-order valence-corrected chi connectivity index (χ2v) is 6.16. The first-order valence-corrected chi connectivity index (χ1v) is 7.94. The van der Waals surface area contributed by atoms with Gasteiger partial charge in [0, 0.05) is 6.07 Å². The van der Waals surface area contributed by atoms with Crippen molar-refractivity contribution in [2.45, 2.75) is 26.0 Å². The first kappa shape index (κ1) is 16.3. The predicted molar refractivity (Wildman–Crippen MR) is 93.5 cm³/mol. The number of hydrogen-bond donors (Lipinski definition) is 1. The van der Waals surface area contributed by atoms with Gasteiger partial charge in [-0.2, -0.15) is 0 Å². The Hall–Kier alpha value is -2.53. The summed E-state index contributed by atoms with van der Waals surface area (Å²) in [6.45, 7) is 4.55. The fourth-order valence-corrected chi connectivity index (χ4v) is 2.71. The molecule has 1 heterocycles. The molecule has 0 unspecified atom stereocenters. The molecule has 24 heavy (non-hydrogen) atoms. The molecule has 0 aliphatic rings. The summed E-state index contributed by atoms with van der Waals surface area (Å²) in [7, 11) is 1.63. The minimum absolute atomic E-state index is 0.469. The Morgan fingerprint density at radius 2 is 1.83 bits per heavy atom. The van der Waals surface area contributed by atoms with Crippen LogP contribution in [0, 0.1) is 0 Å². The van der Waals surface area contributed by atoms with E-state index in [2.05, 4.69) is 4.98 Å². The highest BCUT2D eigenvalue weighted by atomic mass is 16.5. The largest absolute Gasteiger partial charge is 0.497 e. The number of benzene rings is 2. The van der Waals surface area contributed by atoms with E-state index in [0.717, 1.165) is 22.5 Å². The van der Waals surface area contributed by atoms with E-state index in [1.54, 1.807) is 21.0 Å². The molecule has 0 spiro atoms. The zero-order valence-electron chi connectivity index (χ0n) is 14.2. The molecular weight excluding hydrogens is 304 g/mol. The average molecular weight is 326 g/mol. The van der Waals surface area contributed by atoms with Crippen LogP contribution >= 0.6 is 0 Å². The van der Waals surface area contributed by atoms with E-state index in [1.807, 2.05) is 53.1 Å². The zero-order valence-corrected chi connectivity index (χ0v) is 14.2. The molecule has 0 fully saturated rings. The highest BCUT2D eigenvalue weighted by molar-refractivity contribution is 5.76. The molecule has 0 saturated carbocycles. The molecule has 0 aliphatic carbocycles. The van der Waals surface area contributed by atoms with Crippen LogP contribution in [-0.4, -0.2) is 28.4 Å². The van der Waals surface area contributed by atoms with Crippen LogP contribution < -0.4 is 9.47 Å². The lowest BCUT2D eigenvalue weighted by molar-refractivity contribution is 0.0644. The van der Waals surface area contributed by atoms with Gasteiger partial charge in [0.1, 0.15) is 29.5 Å². The third-order valence-electron chi connectivity index (χ3n) is 3.83. The summed E-state index contributed by atoms with van der Waals surface area (Å²) in [6, 6.07) is 15.4. The average Bonchev–Trinajstić information content (AvgIpc) is 2.94. The number of hydrogen-bond acceptors (Lipinski definition) is 4. The molecular formula is C19H22N2O3. The van der Waals surface area contributed by atoms with Crippen molar-refractivity contribution in [3.05, 3.63) is 54.4 Å². The first-order chi connectivity index (χ1) is 11.5. The number of aliphatic hydroxyl groups is 1. The van der Waals surface area contributed by atoms with Crippen LogP contribution in [0.15, 0.2) is 48.5 Å². The summed E-state index contributed by atoms with van der Waals surface area (Å²) < 4.78 is 13.0. The maximum absolute atomic E-state index is 10.4. The van der Waals surface area contributed by atoms with E-state index in [-0.39, 0.29) is 0 Å². The van der Waals surface area contributed by atoms with Gasteiger partial charge in [0.25, 0.3) is 0 Å².